The first-order chi connectivity index (χ1) is 6.16. The zero-order chi connectivity index (χ0) is 10.1. The van der Waals surface area contributed by atoms with Crippen LogP contribution in [0.5, 0.6) is 0 Å². The number of carboxylic acid groups (broad SMARTS) is 1. The molecule has 0 rings (SSSR count). The second-order valence-corrected chi connectivity index (χ2v) is 3.25. The Morgan fingerprint density at radius 2 is 2.23 bits per heavy atom. The maximum Gasteiger partial charge on any atom is 0.306 e. The van der Waals surface area contributed by atoms with Crippen molar-refractivity contribution >= 4 is 23.7 Å². The highest BCUT2D eigenvalue weighted by Gasteiger charge is 2.00. The van der Waals surface area contributed by atoms with E-state index in [1.165, 1.54) is 6.08 Å². The Morgan fingerprint density at radius 1 is 1.54 bits per heavy atom. The first kappa shape index (κ1) is 12.0. The molecule has 0 aromatic carbocycles. The molecule has 0 atom stereocenters. The van der Waals surface area contributed by atoms with Gasteiger partial charge in [-0.2, -0.15) is 11.8 Å². The second kappa shape index (κ2) is 7.67. The van der Waals surface area contributed by atoms with Crippen molar-refractivity contribution in [3.05, 3.63) is 12.7 Å². The van der Waals surface area contributed by atoms with E-state index in [9.17, 15) is 14.7 Å². The Bertz CT molecular complexity index is 191. The standard InChI is InChI=1S/C8H12O4S/c1-2-4-12-8(11)3-5-13-6-7(9)10/h2H,1,3-6H2,(H,9,10)/p-1. The number of aliphatic carboxylic acids is 1. The predicted octanol–water partition coefficient (Wildman–Crippen LogP) is -0.411. The van der Waals surface area contributed by atoms with Gasteiger partial charge in [-0.3, -0.25) is 4.79 Å². The molecule has 0 N–H and O–H groups in total. The molecule has 74 valence electrons. The molecule has 4 nitrogen and oxygen atoms in total. The second-order valence-electron chi connectivity index (χ2n) is 2.15. The number of hydrogen-bond donors (Lipinski definition) is 0. The lowest BCUT2D eigenvalue weighted by atomic mass is 10.5. The third-order valence-electron chi connectivity index (χ3n) is 1.03. The molecule has 0 aliphatic heterocycles. The Hall–Kier alpha value is -0.970. The molecule has 0 fully saturated rings. The van der Waals surface area contributed by atoms with Crippen molar-refractivity contribution in [3.8, 4) is 0 Å². The van der Waals surface area contributed by atoms with Crippen LogP contribution in [-0.4, -0.2) is 30.1 Å². The summed E-state index contributed by atoms with van der Waals surface area (Å²) in [6.45, 7) is 3.58. The largest absolute Gasteiger partial charge is 0.549 e. The minimum atomic E-state index is -1.12. The van der Waals surface area contributed by atoms with Gasteiger partial charge in [0.25, 0.3) is 0 Å². The molecule has 0 heterocycles. The van der Waals surface area contributed by atoms with Gasteiger partial charge >= 0.3 is 5.97 Å². The van der Waals surface area contributed by atoms with Gasteiger partial charge in [-0.25, -0.2) is 0 Å². The number of hydrogen-bond acceptors (Lipinski definition) is 5. The lowest BCUT2D eigenvalue weighted by molar-refractivity contribution is -0.301. The molecule has 0 aliphatic carbocycles. The normalized spacial score (nSPS) is 9.23. The van der Waals surface area contributed by atoms with Crippen molar-refractivity contribution in [2.45, 2.75) is 6.42 Å². The number of ether oxygens (including phenoxy) is 1. The van der Waals surface area contributed by atoms with Gasteiger partial charge in [0.1, 0.15) is 6.61 Å². The van der Waals surface area contributed by atoms with Crippen LogP contribution in [-0.2, 0) is 14.3 Å². The number of carbonyl (C=O) groups excluding carboxylic acids is 2. The van der Waals surface area contributed by atoms with E-state index in [0.717, 1.165) is 11.8 Å². The van der Waals surface area contributed by atoms with E-state index in [1.54, 1.807) is 0 Å². The van der Waals surface area contributed by atoms with Crippen molar-refractivity contribution in [1.82, 2.24) is 0 Å². The quantitative estimate of drug-likeness (QED) is 0.319. The average Bonchev–Trinajstić information content (AvgIpc) is 2.08. The van der Waals surface area contributed by atoms with Crippen LogP contribution in [0.4, 0.5) is 0 Å². The van der Waals surface area contributed by atoms with Gasteiger partial charge in [-0.15, -0.1) is 0 Å². The van der Waals surface area contributed by atoms with E-state index in [4.69, 9.17) is 0 Å². The molecule has 0 aromatic heterocycles. The highest BCUT2D eigenvalue weighted by molar-refractivity contribution is 7.99. The Labute approximate surface area is 81.0 Å². The number of thioether (sulfide) groups is 1. The van der Waals surface area contributed by atoms with Crippen molar-refractivity contribution in [2.24, 2.45) is 0 Å². The zero-order valence-corrected chi connectivity index (χ0v) is 7.97. The van der Waals surface area contributed by atoms with Crippen LogP contribution in [0.3, 0.4) is 0 Å². The fourth-order valence-electron chi connectivity index (χ4n) is 0.535. The molecular weight excluding hydrogens is 192 g/mol. The molecule has 0 saturated heterocycles. The molecule has 0 aromatic rings. The molecule has 5 heteroatoms. The molecular formula is C8H11O4S-. The SMILES string of the molecule is C=CCOC(=O)CCSCC(=O)[O-]. The van der Waals surface area contributed by atoms with E-state index < -0.39 is 5.97 Å². The molecule has 0 unspecified atom stereocenters. The number of carboxylic acids is 1. The van der Waals surface area contributed by atoms with Crippen molar-refractivity contribution < 1.29 is 19.4 Å². The highest BCUT2D eigenvalue weighted by Crippen LogP contribution is 2.01. The molecule has 13 heavy (non-hydrogen) atoms. The summed E-state index contributed by atoms with van der Waals surface area (Å²) in [7, 11) is 0. The third kappa shape index (κ3) is 8.94. The van der Waals surface area contributed by atoms with Crippen molar-refractivity contribution in [3.63, 3.8) is 0 Å². The van der Waals surface area contributed by atoms with Crippen molar-refractivity contribution in [1.29, 1.82) is 0 Å². The summed E-state index contributed by atoms with van der Waals surface area (Å²) in [6, 6.07) is 0. The van der Waals surface area contributed by atoms with E-state index in [2.05, 4.69) is 11.3 Å². The summed E-state index contributed by atoms with van der Waals surface area (Å²) in [5, 5.41) is 9.95. The van der Waals surface area contributed by atoms with Crippen molar-refractivity contribution in [2.75, 3.05) is 18.1 Å². The number of esters is 1. The summed E-state index contributed by atoms with van der Waals surface area (Å²) >= 11 is 1.13. The molecule has 0 spiro atoms. The summed E-state index contributed by atoms with van der Waals surface area (Å²) < 4.78 is 4.66. The van der Waals surface area contributed by atoms with Crippen LogP contribution in [0.25, 0.3) is 0 Å². The van der Waals surface area contributed by atoms with Gasteiger partial charge in [-0.1, -0.05) is 12.7 Å². The average molecular weight is 203 g/mol. The lowest BCUT2D eigenvalue weighted by Gasteiger charge is -2.02. The van der Waals surface area contributed by atoms with Crippen LogP contribution in [0.2, 0.25) is 0 Å². The summed E-state index contributed by atoms with van der Waals surface area (Å²) in [6.07, 6.45) is 1.69. The van der Waals surface area contributed by atoms with E-state index in [0.29, 0.717) is 5.75 Å². The molecule has 0 amide bonds. The smallest absolute Gasteiger partial charge is 0.306 e. The van der Waals surface area contributed by atoms with Gasteiger partial charge in [-0.05, 0) is 0 Å². The minimum Gasteiger partial charge on any atom is -0.549 e. The summed E-state index contributed by atoms with van der Waals surface area (Å²) in [5.41, 5.74) is 0. The first-order valence-electron chi connectivity index (χ1n) is 3.71. The fourth-order valence-corrected chi connectivity index (χ4v) is 1.16. The fraction of sp³-hybridized carbons (Fsp3) is 0.500. The van der Waals surface area contributed by atoms with E-state index >= 15 is 0 Å². The topological polar surface area (TPSA) is 66.4 Å². The van der Waals surface area contributed by atoms with Gasteiger partial charge in [0.2, 0.25) is 0 Å². The molecule has 0 bridgehead atoms. The van der Waals surface area contributed by atoms with E-state index in [1.807, 2.05) is 0 Å². The van der Waals surface area contributed by atoms with Gasteiger partial charge in [0.05, 0.1) is 12.4 Å². The minimum absolute atomic E-state index is 0.0886. The maximum absolute atomic E-state index is 10.8. The maximum atomic E-state index is 10.8. The van der Waals surface area contributed by atoms with Gasteiger partial charge in [0, 0.05) is 11.5 Å². The van der Waals surface area contributed by atoms with Gasteiger partial charge in [0.15, 0.2) is 0 Å². The molecule has 0 aliphatic rings. The Balaban J connectivity index is 3.26. The van der Waals surface area contributed by atoms with Crippen LogP contribution < -0.4 is 5.11 Å². The third-order valence-corrected chi connectivity index (χ3v) is 1.97. The highest BCUT2D eigenvalue weighted by atomic mass is 32.2. The Morgan fingerprint density at radius 3 is 2.77 bits per heavy atom. The molecule has 0 radical (unpaired) electrons. The van der Waals surface area contributed by atoms with E-state index in [-0.39, 0.29) is 24.7 Å². The first-order valence-corrected chi connectivity index (χ1v) is 4.86. The number of carbonyl (C=O) groups is 2. The van der Waals surface area contributed by atoms with Crippen LogP contribution in [0.15, 0.2) is 12.7 Å². The van der Waals surface area contributed by atoms with Crippen LogP contribution in [0.1, 0.15) is 6.42 Å². The Kier molecular flexibility index (Phi) is 7.10. The molecule has 0 saturated carbocycles. The van der Waals surface area contributed by atoms with Crippen LogP contribution in [0, 0.1) is 0 Å². The predicted molar refractivity (Wildman–Crippen MR) is 48.1 cm³/mol. The van der Waals surface area contributed by atoms with Crippen LogP contribution >= 0.6 is 11.8 Å². The summed E-state index contributed by atoms with van der Waals surface area (Å²) in [4.78, 5) is 20.8. The lowest BCUT2D eigenvalue weighted by Crippen LogP contribution is -2.24. The monoisotopic (exact) mass is 203 g/mol. The number of rotatable bonds is 7. The summed E-state index contributed by atoms with van der Waals surface area (Å²) in [5.74, 6) is -1.12. The van der Waals surface area contributed by atoms with Gasteiger partial charge < -0.3 is 14.6 Å². The zero-order valence-electron chi connectivity index (χ0n) is 7.15.